The van der Waals surface area contributed by atoms with Crippen molar-refractivity contribution in [3.05, 3.63) is 65.6 Å². The second-order valence-corrected chi connectivity index (χ2v) is 8.45. The van der Waals surface area contributed by atoms with E-state index in [0.29, 0.717) is 11.3 Å². The largest absolute Gasteiger partial charge is 0.497 e. The Kier molecular flexibility index (Phi) is 6.25. The molecule has 0 aliphatic heterocycles. The van der Waals surface area contributed by atoms with Crippen LogP contribution < -0.4 is 14.8 Å². The van der Waals surface area contributed by atoms with E-state index in [4.69, 9.17) is 9.15 Å². The van der Waals surface area contributed by atoms with E-state index in [2.05, 4.69) is 10.3 Å². The highest BCUT2D eigenvalue weighted by Gasteiger charge is 2.20. The van der Waals surface area contributed by atoms with E-state index in [1.165, 1.54) is 14.0 Å². The normalized spacial score (nSPS) is 12.3. The van der Waals surface area contributed by atoms with Gasteiger partial charge in [-0.2, -0.15) is 0 Å². The minimum atomic E-state index is -3.86. The third-order valence-electron chi connectivity index (χ3n) is 4.25. The summed E-state index contributed by atoms with van der Waals surface area (Å²) in [6, 6.07) is 7.98. The average Bonchev–Trinajstić information content (AvgIpc) is 3.20. The number of benzene rings is 2. The first-order chi connectivity index (χ1) is 14.6. The van der Waals surface area contributed by atoms with Crippen molar-refractivity contribution >= 4 is 21.6 Å². The molecule has 0 unspecified atom stereocenters. The number of ether oxygens (including phenoxy) is 1. The zero-order valence-electron chi connectivity index (χ0n) is 16.8. The maximum atomic E-state index is 14.2. The number of oxazole rings is 1. The topological polar surface area (TPSA) is 111 Å². The Morgan fingerprint density at radius 3 is 2.48 bits per heavy atom. The molecule has 1 atom stereocenters. The SMILES string of the molecule is COc1cccc(-c2nc(C(=O)N[C@H](C)c3cc(F)c(NS(C)(=O)=O)c(F)c3)co2)c1. The molecule has 8 nitrogen and oxygen atoms in total. The molecule has 3 aromatic rings. The quantitative estimate of drug-likeness (QED) is 0.569. The van der Waals surface area contributed by atoms with Crippen LogP contribution in [0.1, 0.15) is 29.0 Å². The Hall–Kier alpha value is -3.47. The van der Waals surface area contributed by atoms with Crippen molar-refractivity contribution in [3.8, 4) is 17.2 Å². The number of sulfonamides is 1. The molecule has 1 amide bonds. The molecule has 11 heteroatoms. The molecule has 0 aliphatic carbocycles. The fourth-order valence-electron chi connectivity index (χ4n) is 2.75. The number of methoxy groups -OCH3 is 1. The van der Waals surface area contributed by atoms with E-state index in [1.807, 2.05) is 0 Å². The van der Waals surface area contributed by atoms with E-state index in [0.717, 1.165) is 24.7 Å². The summed E-state index contributed by atoms with van der Waals surface area (Å²) in [5, 5.41) is 2.56. The Labute approximate surface area is 177 Å². The molecule has 3 rings (SSSR count). The Morgan fingerprint density at radius 1 is 1.19 bits per heavy atom. The third-order valence-corrected chi connectivity index (χ3v) is 4.83. The zero-order valence-corrected chi connectivity index (χ0v) is 17.6. The highest BCUT2D eigenvalue weighted by Crippen LogP contribution is 2.26. The molecule has 2 aromatic carbocycles. The highest BCUT2D eigenvalue weighted by molar-refractivity contribution is 7.92. The van der Waals surface area contributed by atoms with E-state index in [-0.39, 0.29) is 17.1 Å². The van der Waals surface area contributed by atoms with Crippen LogP contribution >= 0.6 is 0 Å². The van der Waals surface area contributed by atoms with Crippen LogP contribution in [0.4, 0.5) is 14.5 Å². The minimum absolute atomic E-state index is 0.0269. The number of hydrogen-bond acceptors (Lipinski definition) is 6. The number of rotatable bonds is 7. The lowest BCUT2D eigenvalue weighted by atomic mass is 10.1. The molecule has 0 bridgehead atoms. The van der Waals surface area contributed by atoms with E-state index >= 15 is 0 Å². The van der Waals surface area contributed by atoms with Crippen LogP contribution in [0.25, 0.3) is 11.5 Å². The molecule has 0 saturated carbocycles. The van der Waals surface area contributed by atoms with Crippen LogP contribution in [0.5, 0.6) is 5.75 Å². The first kappa shape index (κ1) is 22.2. The van der Waals surface area contributed by atoms with Crippen LogP contribution in [0.15, 0.2) is 47.1 Å². The van der Waals surface area contributed by atoms with E-state index in [1.54, 1.807) is 29.0 Å². The van der Waals surface area contributed by atoms with E-state index in [9.17, 15) is 22.0 Å². The number of carbonyl (C=O) groups is 1. The predicted molar refractivity (Wildman–Crippen MR) is 109 cm³/mol. The summed E-state index contributed by atoms with van der Waals surface area (Å²) >= 11 is 0. The zero-order chi connectivity index (χ0) is 22.8. The summed E-state index contributed by atoms with van der Waals surface area (Å²) < 4.78 is 63.1. The number of anilines is 1. The predicted octanol–water partition coefficient (Wildman–Crippen LogP) is 3.49. The van der Waals surface area contributed by atoms with Crippen molar-refractivity contribution in [2.24, 2.45) is 0 Å². The molecule has 31 heavy (non-hydrogen) atoms. The first-order valence-corrected chi connectivity index (χ1v) is 10.8. The lowest BCUT2D eigenvalue weighted by molar-refractivity contribution is 0.0934. The molecule has 1 aromatic heterocycles. The van der Waals surface area contributed by atoms with Gasteiger partial charge >= 0.3 is 0 Å². The van der Waals surface area contributed by atoms with Crippen LogP contribution in [0.3, 0.4) is 0 Å². The fourth-order valence-corrected chi connectivity index (χ4v) is 3.31. The van der Waals surface area contributed by atoms with Crippen LogP contribution in [0.2, 0.25) is 0 Å². The Bertz CT molecular complexity index is 1200. The van der Waals surface area contributed by atoms with Gasteiger partial charge in [-0.3, -0.25) is 9.52 Å². The first-order valence-electron chi connectivity index (χ1n) is 8.95. The summed E-state index contributed by atoms with van der Waals surface area (Å²) in [6.45, 7) is 1.51. The average molecular weight is 451 g/mol. The number of aromatic nitrogens is 1. The lowest BCUT2D eigenvalue weighted by Gasteiger charge is -2.15. The molecule has 0 fully saturated rings. The molecule has 0 aliphatic rings. The minimum Gasteiger partial charge on any atom is -0.497 e. The van der Waals surface area contributed by atoms with Gasteiger partial charge in [0.05, 0.1) is 19.4 Å². The summed E-state index contributed by atoms with van der Waals surface area (Å²) in [4.78, 5) is 16.6. The maximum Gasteiger partial charge on any atom is 0.273 e. The van der Waals surface area contributed by atoms with Gasteiger partial charge in [0.15, 0.2) is 17.3 Å². The van der Waals surface area contributed by atoms with Gasteiger partial charge in [0.1, 0.15) is 17.7 Å². The van der Waals surface area contributed by atoms with Crippen LogP contribution in [0, 0.1) is 11.6 Å². The van der Waals surface area contributed by atoms with Gasteiger partial charge < -0.3 is 14.5 Å². The third kappa shape index (κ3) is 5.37. The second kappa shape index (κ2) is 8.72. The lowest BCUT2D eigenvalue weighted by Crippen LogP contribution is -2.27. The van der Waals surface area contributed by atoms with Gasteiger partial charge in [-0.25, -0.2) is 22.2 Å². The molecular weight excluding hydrogens is 432 g/mol. The summed E-state index contributed by atoms with van der Waals surface area (Å²) in [5.41, 5.74) is -0.117. The number of carbonyl (C=O) groups excluding carboxylic acids is 1. The number of halogens is 2. The van der Waals surface area contributed by atoms with Crippen molar-refractivity contribution in [2.45, 2.75) is 13.0 Å². The van der Waals surface area contributed by atoms with Crippen molar-refractivity contribution in [1.29, 1.82) is 0 Å². The van der Waals surface area contributed by atoms with Crippen LogP contribution in [-0.2, 0) is 10.0 Å². The second-order valence-electron chi connectivity index (χ2n) is 6.70. The fraction of sp³-hybridized carbons (Fsp3) is 0.200. The maximum absolute atomic E-state index is 14.2. The molecule has 2 N–H and O–H groups in total. The van der Waals surface area contributed by atoms with Gasteiger partial charge in [-0.05, 0) is 42.8 Å². The number of amides is 1. The van der Waals surface area contributed by atoms with Gasteiger partial charge in [-0.1, -0.05) is 6.07 Å². The highest BCUT2D eigenvalue weighted by atomic mass is 32.2. The van der Waals surface area contributed by atoms with Gasteiger partial charge in [0.2, 0.25) is 15.9 Å². The van der Waals surface area contributed by atoms with Gasteiger partial charge in [0.25, 0.3) is 5.91 Å². The van der Waals surface area contributed by atoms with Crippen molar-refractivity contribution < 1.29 is 31.1 Å². The summed E-state index contributed by atoms with van der Waals surface area (Å²) in [5.74, 6) is -2.05. The number of nitrogens with zero attached hydrogens (tertiary/aromatic N) is 1. The Balaban J connectivity index is 1.76. The smallest absolute Gasteiger partial charge is 0.273 e. The molecule has 164 valence electrons. The monoisotopic (exact) mass is 451 g/mol. The summed E-state index contributed by atoms with van der Waals surface area (Å²) in [6.07, 6.45) is 1.94. The van der Waals surface area contributed by atoms with Crippen LogP contribution in [-0.4, -0.2) is 32.7 Å². The molecule has 1 heterocycles. The van der Waals surface area contributed by atoms with Gasteiger partial charge in [-0.15, -0.1) is 0 Å². The molecule has 0 spiro atoms. The van der Waals surface area contributed by atoms with Gasteiger partial charge in [0, 0.05) is 5.56 Å². The number of hydrogen-bond donors (Lipinski definition) is 2. The molecule has 0 saturated heterocycles. The molecule has 0 radical (unpaired) electrons. The number of nitrogens with one attached hydrogen (secondary N) is 2. The standard InChI is InChI=1S/C20H19F2N3O5S/c1-11(13-8-15(21)18(16(22)9-13)25-31(3,27)28)23-19(26)17-10-30-20(24-17)12-5-4-6-14(7-12)29-2/h4-11,25H,1-3H3,(H,23,26)/t11-/m1/s1. The van der Waals surface area contributed by atoms with Crippen molar-refractivity contribution in [2.75, 3.05) is 18.1 Å². The Morgan fingerprint density at radius 2 is 1.87 bits per heavy atom. The van der Waals surface area contributed by atoms with E-state index < -0.39 is 39.3 Å². The summed E-state index contributed by atoms with van der Waals surface area (Å²) in [7, 11) is -2.34. The molecular formula is C20H19F2N3O5S. The van der Waals surface area contributed by atoms with Crippen molar-refractivity contribution in [1.82, 2.24) is 10.3 Å². The van der Waals surface area contributed by atoms with Crippen molar-refractivity contribution in [3.63, 3.8) is 0 Å².